The van der Waals surface area contributed by atoms with Gasteiger partial charge in [0.25, 0.3) is 11.8 Å². The van der Waals surface area contributed by atoms with E-state index in [-0.39, 0.29) is 11.8 Å². The van der Waals surface area contributed by atoms with Gasteiger partial charge in [0, 0.05) is 26.2 Å². The fraction of sp³-hybridized carbons (Fsp3) is 0.200. The highest BCUT2D eigenvalue weighted by atomic mass is 16.2. The van der Waals surface area contributed by atoms with Gasteiger partial charge in [-0.15, -0.1) is 0 Å². The zero-order chi connectivity index (χ0) is 20.1. The molecular weight excluding hydrogens is 360 g/mol. The van der Waals surface area contributed by atoms with Gasteiger partial charge >= 0.3 is 0 Å². The first-order chi connectivity index (χ1) is 14.2. The van der Waals surface area contributed by atoms with Crippen LogP contribution in [0.1, 0.15) is 38.3 Å². The first kappa shape index (κ1) is 19.1. The zero-order valence-corrected chi connectivity index (χ0v) is 16.3. The molecule has 0 atom stereocenters. The van der Waals surface area contributed by atoms with Crippen LogP contribution in [0.2, 0.25) is 0 Å². The summed E-state index contributed by atoms with van der Waals surface area (Å²) in [5.74, 6) is -0.355. The molecule has 0 fully saturated rings. The molecule has 1 heterocycles. The van der Waals surface area contributed by atoms with Crippen LogP contribution in [-0.2, 0) is 13.1 Å². The third-order valence-corrected chi connectivity index (χ3v) is 5.23. The molecule has 3 aromatic carbocycles. The van der Waals surface area contributed by atoms with Crippen molar-refractivity contribution in [2.75, 3.05) is 13.1 Å². The number of hydrogen-bond acceptors (Lipinski definition) is 3. The molecule has 146 valence electrons. The Bertz CT molecular complexity index is 909. The highest BCUT2D eigenvalue weighted by molar-refractivity contribution is 6.21. The quantitative estimate of drug-likeness (QED) is 0.541. The molecule has 4 nitrogen and oxygen atoms in total. The monoisotopic (exact) mass is 384 g/mol. The maximum atomic E-state index is 12.6. The molecule has 0 radical (unpaired) electrons. The Balaban J connectivity index is 1.40. The van der Waals surface area contributed by atoms with E-state index in [1.165, 1.54) is 16.0 Å². The second kappa shape index (κ2) is 8.84. The van der Waals surface area contributed by atoms with Crippen LogP contribution in [0.25, 0.3) is 0 Å². The molecule has 0 unspecified atom stereocenters. The van der Waals surface area contributed by atoms with Crippen molar-refractivity contribution >= 4 is 11.8 Å². The van der Waals surface area contributed by atoms with Crippen LogP contribution in [0, 0.1) is 0 Å². The maximum Gasteiger partial charge on any atom is 0.261 e. The van der Waals surface area contributed by atoms with E-state index < -0.39 is 0 Å². The van der Waals surface area contributed by atoms with Crippen LogP contribution in [0.15, 0.2) is 84.9 Å². The van der Waals surface area contributed by atoms with Gasteiger partial charge in [0.1, 0.15) is 0 Å². The predicted molar refractivity (Wildman–Crippen MR) is 113 cm³/mol. The second-order valence-corrected chi connectivity index (χ2v) is 7.34. The van der Waals surface area contributed by atoms with Crippen LogP contribution in [0.3, 0.4) is 0 Å². The smallest absolute Gasteiger partial charge is 0.261 e. The third kappa shape index (κ3) is 4.44. The van der Waals surface area contributed by atoms with Crippen LogP contribution in [0.5, 0.6) is 0 Å². The lowest BCUT2D eigenvalue weighted by atomic mass is 10.1. The minimum atomic E-state index is -0.178. The molecule has 0 saturated carbocycles. The Morgan fingerprint density at radius 3 is 1.55 bits per heavy atom. The lowest BCUT2D eigenvalue weighted by Crippen LogP contribution is -2.33. The molecule has 0 aliphatic carbocycles. The fourth-order valence-corrected chi connectivity index (χ4v) is 3.79. The van der Waals surface area contributed by atoms with Gasteiger partial charge in [0.2, 0.25) is 0 Å². The van der Waals surface area contributed by atoms with E-state index in [0.29, 0.717) is 17.7 Å². The molecule has 0 aromatic heterocycles. The van der Waals surface area contributed by atoms with Crippen molar-refractivity contribution in [3.05, 3.63) is 107 Å². The number of nitrogens with zero attached hydrogens (tertiary/aromatic N) is 2. The van der Waals surface area contributed by atoms with Crippen LogP contribution >= 0.6 is 0 Å². The summed E-state index contributed by atoms with van der Waals surface area (Å²) in [5, 5.41) is 0. The first-order valence-corrected chi connectivity index (χ1v) is 9.98. The van der Waals surface area contributed by atoms with E-state index in [4.69, 9.17) is 0 Å². The van der Waals surface area contributed by atoms with Crippen LogP contribution < -0.4 is 0 Å². The van der Waals surface area contributed by atoms with Crippen molar-refractivity contribution in [3.63, 3.8) is 0 Å². The second-order valence-electron chi connectivity index (χ2n) is 7.34. The van der Waals surface area contributed by atoms with Gasteiger partial charge in [-0.1, -0.05) is 72.8 Å². The average molecular weight is 384 g/mol. The van der Waals surface area contributed by atoms with Gasteiger partial charge in [0.15, 0.2) is 0 Å². The molecular formula is C25H24N2O2. The Hall–Kier alpha value is -3.24. The number of amides is 2. The zero-order valence-electron chi connectivity index (χ0n) is 16.3. The number of imide groups is 1. The number of rotatable bonds is 8. The highest BCUT2D eigenvalue weighted by Gasteiger charge is 2.34. The average Bonchev–Trinajstić information content (AvgIpc) is 3.00. The normalized spacial score (nSPS) is 13.2. The van der Waals surface area contributed by atoms with Crippen LogP contribution in [-0.4, -0.2) is 34.7 Å². The van der Waals surface area contributed by atoms with Gasteiger partial charge in [-0.3, -0.25) is 19.4 Å². The Morgan fingerprint density at radius 1 is 0.621 bits per heavy atom. The third-order valence-electron chi connectivity index (χ3n) is 5.23. The fourth-order valence-electron chi connectivity index (χ4n) is 3.79. The van der Waals surface area contributed by atoms with Gasteiger partial charge in [-0.05, 0) is 29.7 Å². The SMILES string of the molecule is O=C1c2ccccc2C(=O)N1CCCN(Cc1ccccc1)Cc1ccccc1. The van der Waals surface area contributed by atoms with Gasteiger partial charge < -0.3 is 0 Å². The largest absolute Gasteiger partial charge is 0.295 e. The van der Waals surface area contributed by atoms with Crippen LogP contribution in [0.4, 0.5) is 0 Å². The summed E-state index contributed by atoms with van der Waals surface area (Å²) >= 11 is 0. The number of carbonyl (C=O) groups is 2. The summed E-state index contributed by atoms with van der Waals surface area (Å²) in [5.41, 5.74) is 3.54. The minimum Gasteiger partial charge on any atom is -0.295 e. The summed E-state index contributed by atoms with van der Waals surface area (Å²) in [4.78, 5) is 28.9. The molecule has 1 aliphatic rings. The molecule has 29 heavy (non-hydrogen) atoms. The van der Waals surface area contributed by atoms with Crippen molar-refractivity contribution in [2.24, 2.45) is 0 Å². The molecule has 4 heteroatoms. The number of fused-ring (bicyclic) bond motifs is 1. The van der Waals surface area contributed by atoms with Crippen molar-refractivity contribution in [2.45, 2.75) is 19.5 Å². The topological polar surface area (TPSA) is 40.6 Å². The minimum absolute atomic E-state index is 0.178. The Morgan fingerprint density at radius 2 is 1.07 bits per heavy atom. The first-order valence-electron chi connectivity index (χ1n) is 9.98. The number of hydrogen-bond donors (Lipinski definition) is 0. The van der Waals surface area contributed by atoms with E-state index in [1.807, 2.05) is 12.1 Å². The standard InChI is InChI=1S/C25H24N2O2/c28-24-22-14-7-8-15-23(22)25(29)27(24)17-9-16-26(18-20-10-3-1-4-11-20)19-21-12-5-2-6-13-21/h1-8,10-15H,9,16-19H2. The van der Waals surface area contributed by atoms with Gasteiger partial charge in [-0.25, -0.2) is 0 Å². The van der Waals surface area contributed by atoms with Crippen molar-refractivity contribution < 1.29 is 9.59 Å². The van der Waals surface area contributed by atoms with E-state index in [0.717, 1.165) is 26.1 Å². The predicted octanol–water partition coefficient (Wildman–Crippen LogP) is 4.38. The molecule has 0 spiro atoms. The van der Waals surface area contributed by atoms with E-state index in [1.54, 1.807) is 24.3 Å². The molecule has 0 N–H and O–H groups in total. The molecule has 2 amide bonds. The maximum absolute atomic E-state index is 12.6. The lowest BCUT2D eigenvalue weighted by Gasteiger charge is -2.24. The Kier molecular flexibility index (Phi) is 5.82. The van der Waals surface area contributed by atoms with Crippen molar-refractivity contribution in [3.8, 4) is 0 Å². The van der Waals surface area contributed by atoms with Gasteiger partial charge in [0.05, 0.1) is 11.1 Å². The number of carbonyl (C=O) groups excluding carboxylic acids is 2. The summed E-state index contributed by atoms with van der Waals surface area (Å²) in [7, 11) is 0. The molecule has 4 rings (SSSR count). The summed E-state index contributed by atoms with van der Waals surface area (Å²) in [6.07, 6.45) is 0.741. The molecule has 1 aliphatic heterocycles. The molecule has 0 saturated heterocycles. The highest BCUT2D eigenvalue weighted by Crippen LogP contribution is 2.22. The van der Waals surface area contributed by atoms with Gasteiger partial charge in [-0.2, -0.15) is 0 Å². The molecule has 3 aromatic rings. The van der Waals surface area contributed by atoms with E-state index in [2.05, 4.69) is 53.4 Å². The lowest BCUT2D eigenvalue weighted by molar-refractivity contribution is 0.0646. The molecule has 0 bridgehead atoms. The summed E-state index contributed by atoms with van der Waals surface area (Å²) < 4.78 is 0. The Labute approximate surface area is 171 Å². The van der Waals surface area contributed by atoms with E-state index in [9.17, 15) is 9.59 Å². The van der Waals surface area contributed by atoms with Crippen molar-refractivity contribution in [1.82, 2.24) is 9.80 Å². The van der Waals surface area contributed by atoms with E-state index >= 15 is 0 Å². The summed E-state index contributed by atoms with van der Waals surface area (Å²) in [6.45, 7) is 2.90. The van der Waals surface area contributed by atoms with Crippen molar-refractivity contribution in [1.29, 1.82) is 0 Å². The number of benzene rings is 3. The summed E-state index contributed by atoms with van der Waals surface area (Å²) in [6, 6.07) is 27.8.